The molecule has 26 heavy (non-hydrogen) atoms. The first-order chi connectivity index (χ1) is 12.7. The highest BCUT2D eigenvalue weighted by atomic mass is 32.1. The molecule has 3 aromatic rings. The number of benzene rings is 2. The predicted molar refractivity (Wildman–Crippen MR) is 105 cm³/mol. The van der Waals surface area contributed by atoms with Crippen molar-refractivity contribution in [2.45, 2.75) is 19.8 Å². The number of carbonyl (C=O) groups excluding carboxylic acids is 1. The van der Waals surface area contributed by atoms with Crippen LogP contribution in [0.3, 0.4) is 0 Å². The second-order valence-electron chi connectivity index (χ2n) is 6.46. The highest BCUT2D eigenvalue weighted by Gasteiger charge is 2.25. The summed E-state index contributed by atoms with van der Waals surface area (Å²) in [7, 11) is 1.65. The molecule has 1 aliphatic heterocycles. The molecule has 0 radical (unpaired) electrons. The molecule has 0 aliphatic carbocycles. The highest BCUT2D eigenvalue weighted by Crippen LogP contribution is 2.31. The summed E-state index contributed by atoms with van der Waals surface area (Å²) in [5, 5.41) is 2.70. The van der Waals surface area contributed by atoms with Gasteiger partial charge in [-0.2, -0.15) is 0 Å². The van der Waals surface area contributed by atoms with Gasteiger partial charge in [-0.3, -0.25) is 4.79 Å². The Hall–Kier alpha value is -2.66. The third-order valence-corrected chi connectivity index (χ3v) is 5.55. The van der Waals surface area contributed by atoms with E-state index in [0.717, 1.165) is 41.4 Å². The number of amides is 1. The van der Waals surface area contributed by atoms with E-state index >= 15 is 0 Å². The van der Waals surface area contributed by atoms with Gasteiger partial charge < -0.3 is 9.64 Å². The van der Waals surface area contributed by atoms with Crippen LogP contribution in [0, 0.1) is 6.92 Å². The van der Waals surface area contributed by atoms with Gasteiger partial charge in [-0.25, -0.2) is 4.98 Å². The van der Waals surface area contributed by atoms with Crippen LogP contribution >= 0.6 is 11.3 Å². The molecule has 1 amide bonds. The smallest absolute Gasteiger partial charge is 0.277 e. The van der Waals surface area contributed by atoms with Crippen molar-refractivity contribution >= 4 is 22.9 Å². The van der Waals surface area contributed by atoms with Crippen molar-refractivity contribution in [1.29, 1.82) is 0 Å². The normalized spacial score (nSPS) is 13.4. The van der Waals surface area contributed by atoms with Crippen molar-refractivity contribution < 1.29 is 9.53 Å². The van der Waals surface area contributed by atoms with E-state index in [4.69, 9.17) is 4.74 Å². The Labute approximate surface area is 157 Å². The lowest BCUT2D eigenvalue weighted by Crippen LogP contribution is -2.35. The fourth-order valence-electron chi connectivity index (χ4n) is 3.31. The third-order valence-electron chi connectivity index (χ3n) is 4.66. The number of thiazole rings is 1. The zero-order valence-corrected chi connectivity index (χ0v) is 15.7. The fraction of sp³-hybridized carbons (Fsp3) is 0.238. The molecule has 4 rings (SSSR count). The number of aryl methyl sites for hydroxylation is 2. The van der Waals surface area contributed by atoms with Gasteiger partial charge in [0.05, 0.1) is 7.11 Å². The summed E-state index contributed by atoms with van der Waals surface area (Å²) in [6.45, 7) is 2.83. The molecule has 0 fully saturated rings. The first-order valence-corrected chi connectivity index (χ1v) is 9.55. The number of rotatable bonds is 3. The lowest BCUT2D eigenvalue weighted by molar-refractivity contribution is 0.0981. The van der Waals surface area contributed by atoms with Gasteiger partial charge >= 0.3 is 0 Å². The SMILES string of the molecule is COc1ccc(-c2nc(C(=O)N3CCCc4cc(C)ccc43)cs2)cc1. The van der Waals surface area contributed by atoms with Crippen LogP contribution < -0.4 is 9.64 Å². The van der Waals surface area contributed by atoms with Crippen molar-refractivity contribution in [2.75, 3.05) is 18.6 Å². The van der Waals surface area contributed by atoms with Gasteiger partial charge in [0, 0.05) is 23.2 Å². The average Bonchev–Trinajstić information content (AvgIpc) is 3.17. The Morgan fingerprint density at radius 3 is 2.77 bits per heavy atom. The number of hydrogen-bond acceptors (Lipinski definition) is 4. The lowest BCUT2D eigenvalue weighted by atomic mass is 9.99. The number of ether oxygens (including phenoxy) is 1. The molecule has 2 aromatic carbocycles. The molecule has 132 valence electrons. The minimum Gasteiger partial charge on any atom is -0.497 e. The van der Waals surface area contributed by atoms with E-state index in [0.29, 0.717) is 5.69 Å². The molecular weight excluding hydrogens is 344 g/mol. The maximum absolute atomic E-state index is 13.0. The Morgan fingerprint density at radius 1 is 1.19 bits per heavy atom. The third kappa shape index (κ3) is 3.10. The fourth-order valence-corrected chi connectivity index (χ4v) is 4.11. The van der Waals surface area contributed by atoms with E-state index in [1.54, 1.807) is 7.11 Å². The molecule has 0 bridgehead atoms. The van der Waals surface area contributed by atoms with Crippen molar-refractivity contribution in [3.8, 4) is 16.3 Å². The Morgan fingerprint density at radius 2 is 2.00 bits per heavy atom. The standard InChI is InChI=1S/C21H20N2O2S/c1-14-5-10-19-16(12-14)4-3-11-23(19)21(24)18-13-26-20(22-18)15-6-8-17(25-2)9-7-15/h5-10,12-13H,3-4,11H2,1-2H3. The molecule has 1 aliphatic rings. The highest BCUT2D eigenvalue weighted by molar-refractivity contribution is 7.13. The first kappa shape index (κ1) is 16.8. The summed E-state index contributed by atoms with van der Waals surface area (Å²) in [6, 6.07) is 14.0. The van der Waals surface area contributed by atoms with Crippen LogP contribution in [0.25, 0.3) is 10.6 Å². The molecule has 0 unspecified atom stereocenters. The second-order valence-corrected chi connectivity index (χ2v) is 7.32. The molecular formula is C21H20N2O2S. The Kier molecular flexibility index (Phi) is 4.47. The molecule has 2 heterocycles. The van der Waals surface area contributed by atoms with Gasteiger partial charge in [0.1, 0.15) is 16.5 Å². The molecule has 4 nitrogen and oxygen atoms in total. The van der Waals surface area contributed by atoms with Gasteiger partial charge in [0.2, 0.25) is 0 Å². The summed E-state index contributed by atoms with van der Waals surface area (Å²) < 4.78 is 5.19. The van der Waals surface area contributed by atoms with Gasteiger partial charge in [-0.05, 0) is 55.7 Å². The van der Waals surface area contributed by atoms with Crippen LogP contribution in [0.15, 0.2) is 47.8 Å². The van der Waals surface area contributed by atoms with E-state index < -0.39 is 0 Å². The van der Waals surface area contributed by atoms with E-state index in [-0.39, 0.29) is 5.91 Å². The van der Waals surface area contributed by atoms with Crippen molar-refractivity contribution in [3.05, 3.63) is 64.7 Å². The van der Waals surface area contributed by atoms with E-state index in [1.807, 2.05) is 34.5 Å². The average molecular weight is 364 g/mol. The summed E-state index contributed by atoms with van der Waals surface area (Å²) in [5.41, 5.74) is 4.99. The molecule has 1 aromatic heterocycles. The molecule has 0 atom stereocenters. The summed E-state index contributed by atoms with van der Waals surface area (Å²) >= 11 is 1.49. The number of fused-ring (bicyclic) bond motifs is 1. The quantitative estimate of drug-likeness (QED) is 0.675. The molecule has 0 N–H and O–H groups in total. The van der Waals surface area contributed by atoms with E-state index in [2.05, 4.69) is 30.1 Å². The van der Waals surface area contributed by atoms with Crippen LogP contribution in [-0.2, 0) is 6.42 Å². The zero-order valence-electron chi connectivity index (χ0n) is 14.9. The van der Waals surface area contributed by atoms with Gasteiger partial charge in [-0.1, -0.05) is 17.7 Å². The van der Waals surface area contributed by atoms with Crippen molar-refractivity contribution in [3.63, 3.8) is 0 Å². The number of hydrogen-bond donors (Lipinski definition) is 0. The van der Waals surface area contributed by atoms with Crippen molar-refractivity contribution in [2.24, 2.45) is 0 Å². The van der Waals surface area contributed by atoms with Crippen LogP contribution in [0.4, 0.5) is 5.69 Å². The molecule has 0 saturated heterocycles. The van der Waals surface area contributed by atoms with Gasteiger partial charge in [0.15, 0.2) is 0 Å². The second kappa shape index (κ2) is 6.92. The van der Waals surface area contributed by atoms with Crippen LogP contribution in [-0.4, -0.2) is 24.5 Å². The molecule has 0 spiro atoms. The first-order valence-electron chi connectivity index (χ1n) is 8.67. The van der Waals surface area contributed by atoms with Gasteiger partial charge in [-0.15, -0.1) is 11.3 Å². The number of anilines is 1. The summed E-state index contributed by atoms with van der Waals surface area (Å²) in [5.74, 6) is 0.785. The number of carbonyl (C=O) groups is 1. The van der Waals surface area contributed by atoms with Crippen LogP contribution in [0.5, 0.6) is 5.75 Å². The number of nitrogens with zero attached hydrogens (tertiary/aromatic N) is 2. The maximum atomic E-state index is 13.0. The van der Waals surface area contributed by atoms with Crippen LogP contribution in [0.1, 0.15) is 28.0 Å². The van der Waals surface area contributed by atoms with Gasteiger partial charge in [0.25, 0.3) is 5.91 Å². The van der Waals surface area contributed by atoms with E-state index in [9.17, 15) is 4.79 Å². The topological polar surface area (TPSA) is 42.4 Å². The Bertz CT molecular complexity index is 947. The molecule has 0 saturated carbocycles. The van der Waals surface area contributed by atoms with Crippen LogP contribution in [0.2, 0.25) is 0 Å². The minimum absolute atomic E-state index is 0.0224. The minimum atomic E-state index is -0.0224. The largest absolute Gasteiger partial charge is 0.497 e. The molecule has 5 heteroatoms. The lowest BCUT2D eigenvalue weighted by Gasteiger charge is -2.29. The number of aromatic nitrogens is 1. The van der Waals surface area contributed by atoms with Crippen molar-refractivity contribution in [1.82, 2.24) is 4.98 Å². The summed E-state index contributed by atoms with van der Waals surface area (Å²) in [6.07, 6.45) is 2.01. The summed E-state index contributed by atoms with van der Waals surface area (Å²) in [4.78, 5) is 19.5. The monoisotopic (exact) mass is 364 g/mol. The number of methoxy groups -OCH3 is 1. The predicted octanol–water partition coefficient (Wildman–Crippen LogP) is 4.72. The Balaban J connectivity index is 1.61. The maximum Gasteiger partial charge on any atom is 0.277 e. The zero-order chi connectivity index (χ0) is 18.1. The van der Waals surface area contributed by atoms with E-state index in [1.165, 1.54) is 22.5 Å².